The van der Waals surface area contributed by atoms with E-state index in [9.17, 15) is 0 Å². The minimum absolute atomic E-state index is 0.233. The van der Waals surface area contributed by atoms with Gasteiger partial charge >= 0.3 is 0 Å². The smallest absolute Gasteiger partial charge is 0.124 e. The highest BCUT2D eigenvalue weighted by atomic mass is 15.3. The molecule has 4 heteroatoms. The number of nitriles is 1. The molecule has 4 nitrogen and oxygen atoms in total. The molecule has 0 aliphatic heterocycles. The molecule has 14 heavy (non-hydrogen) atoms. The van der Waals surface area contributed by atoms with Gasteiger partial charge in [-0.15, -0.1) is 0 Å². The Kier molecular flexibility index (Phi) is 3.66. The molecule has 0 fully saturated rings. The second-order valence-electron chi connectivity index (χ2n) is 3.33. The summed E-state index contributed by atoms with van der Waals surface area (Å²) in [7, 11) is 1.88. The number of nitrogens with one attached hydrogen (secondary N) is 1. The van der Waals surface area contributed by atoms with E-state index in [1.807, 2.05) is 14.0 Å². The third-order valence-electron chi connectivity index (χ3n) is 2.31. The number of aryl methyl sites for hydroxylation is 1. The first-order chi connectivity index (χ1) is 6.70. The summed E-state index contributed by atoms with van der Waals surface area (Å²) in [6, 6.07) is 2.01. The van der Waals surface area contributed by atoms with Crippen LogP contribution < -0.4 is 5.32 Å². The molecule has 0 spiro atoms. The molecule has 0 amide bonds. The third kappa shape index (κ3) is 2.12. The Morgan fingerprint density at radius 2 is 2.43 bits per heavy atom. The molecular formula is C10H16N4. The van der Waals surface area contributed by atoms with Gasteiger partial charge in [-0.2, -0.15) is 10.4 Å². The largest absolute Gasteiger partial charge is 0.298 e. The van der Waals surface area contributed by atoms with E-state index in [4.69, 9.17) is 5.26 Å². The first-order valence-corrected chi connectivity index (χ1v) is 4.82. The lowest BCUT2D eigenvalue weighted by atomic mass is 10.1. The van der Waals surface area contributed by atoms with Crippen molar-refractivity contribution in [3.63, 3.8) is 0 Å². The predicted octanol–water partition coefficient (Wildman–Crippen LogP) is 1.29. The van der Waals surface area contributed by atoms with Crippen molar-refractivity contribution in [2.24, 2.45) is 7.05 Å². The minimum Gasteiger partial charge on any atom is -0.298 e. The maximum atomic E-state index is 8.99. The van der Waals surface area contributed by atoms with Crippen molar-refractivity contribution in [1.82, 2.24) is 15.1 Å². The van der Waals surface area contributed by atoms with Crippen LogP contribution in [0.1, 0.15) is 30.6 Å². The summed E-state index contributed by atoms with van der Waals surface area (Å²) in [6.07, 6.45) is 2.78. The average Bonchev–Trinajstić information content (AvgIpc) is 2.51. The average molecular weight is 192 g/mol. The van der Waals surface area contributed by atoms with Gasteiger partial charge in [-0.05, 0) is 19.9 Å². The highest BCUT2D eigenvalue weighted by Gasteiger charge is 2.14. The van der Waals surface area contributed by atoms with Crippen LogP contribution in [-0.4, -0.2) is 16.3 Å². The van der Waals surface area contributed by atoms with E-state index in [0.29, 0.717) is 0 Å². The molecule has 1 heterocycles. The minimum atomic E-state index is -0.233. The van der Waals surface area contributed by atoms with Gasteiger partial charge in [0.15, 0.2) is 0 Å². The van der Waals surface area contributed by atoms with Crippen molar-refractivity contribution in [2.45, 2.75) is 26.3 Å². The van der Waals surface area contributed by atoms with E-state index in [1.54, 1.807) is 10.9 Å². The van der Waals surface area contributed by atoms with E-state index >= 15 is 0 Å². The summed E-state index contributed by atoms with van der Waals surface area (Å²) >= 11 is 0. The molecule has 0 radical (unpaired) electrons. The zero-order valence-corrected chi connectivity index (χ0v) is 8.91. The fourth-order valence-electron chi connectivity index (χ4n) is 1.31. The molecule has 0 aromatic carbocycles. The molecule has 0 saturated carbocycles. The molecule has 0 aliphatic carbocycles. The molecule has 1 aromatic heterocycles. The predicted molar refractivity (Wildman–Crippen MR) is 54.6 cm³/mol. The SMILES string of the molecule is CCCNC(C#N)c1cnn(C)c1C. The summed E-state index contributed by atoms with van der Waals surface area (Å²) in [4.78, 5) is 0. The van der Waals surface area contributed by atoms with E-state index < -0.39 is 0 Å². The standard InChI is InChI=1S/C10H16N4/c1-4-5-12-10(6-11)9-7-13-14(3)8(9)2/h7,10,12H,4-5H2,1-3H3. The lowest BCUT2D eigenvalue weighted by Gasteiger charge is -2.09. The quantitative estimate of drug-likeness (QED) is 0.782. The highest BCUT2D eigenvalue weighted by Crippen LogP contribution is 2.15. The molecule has 0 saturated heterocycles. The molecule has 1 aromatic rings. The number of nitrogens with zero attached hydrogens (tertiary/aromatic N) is 3. The summed E-state index contributed by atoms with van der Waals surface area (Å²) in [5, 5.41) is 16.3. The third-order valence-corrected chi connectivity index (χ3v) is 2.31. The number of hydrogen-bond acceptors (Lipinski definition) is 3. The summed E-state index contributed by atoms with van der Waals surface area (Å²) in [5.74, 6) is 0. The number of aromatic nitrogens is 2. The van der Waals surface area contributed by atoms with E-state index in [2.05, 4.69) is 23.4 Å². The van der Waals surface area contributed by atoms with Gasteiger partial charge in [-0.3, -0.25) is 10.00 Å². The van der Waals surface area contributed by atoms with Crippen LogP contribution in [0.3, 0.4) is 0 Å². The van der Waals surface area contributed by atoms with Crippen molar-refractivity contribution < 1.29 is 0 Å². The lowest BCUT2D eigenvalue weighted by Crippen LogP contribution is -2.21. The maximum Gasteiger partial charge on any atom is 0.124 e. The van der Waals surface area contributed by atoms with E-state index in [-0.39, 0.29) is 6.04 Å². The number of hydrogen-bond donors (Lipinski definition) is 1. The second-order valence-corrected chi connectivity index (χ2v) is 3.33. The Bertz CT molecular complexity index is 334. The van der Waals surface area contributed by atoms with E-state index in [0.717, 1.165) is 24.2 Å². The number of rotatable bonds is 4. The molecule has 76 valence electrons. The Morgan fingerprint density at radius 1 is 1.71 bits per heavy atom. The Balaban J connectivity index is 2.80. The van der Waals surface area contributed by atoms with Crippen LogP contribution in [0.25, 0.3) is 0 Å². The van der Waals surface area contributed by atoms with Crippen molar-refractivity contribution in [3.05, 3.63) is 17.5 Å². The molecule has 1 rings (SSSR count). The topological polar surface area (TPSA) is 53.6 Å². The fourth-order valence-corrected chi connectivity index (χ4v) is 1.31. The monoisotopic (exact) mass is 192 g/mol. The Hall–Kier alpha value is -1.34. The first kappa shape index (κ1) is 10.7. The Labute approximate surface area is 84.5 Å². The fraction of sp³-hybridized carbons (Fsp3) is 0.600. The molecule has 1 N–H and O–H groups in total. The van der Waals surface area contributed by atoms with Gasteiger partial charge in [-0.1, -0.05) is 6.92 Å². The van der Waals surface area contributed by atoms with E-state index in [1.165, 1.54) is 0 Å². The summed E-state index contributed by atoms with van der Waals surface area (Å²) in [5.41, 5.74) is 2.02. The van der Waals surface area contributed by atoms with Crippen LogP contribution in [0.15, 0.2) is 6.20 Å². The van der Waals surface area contributed by atoms with Gasteiger partial charge < -0.3 is 0 Å². The van der Waals surface area contributed by atoms with Crippen LogP contribution in [0.5, 0.6) is 0 Å². The maximum absolute atomic E-state index is 8.99. The van der Waals surface area contributed by atoms with Crippen molar-refractivity contribution >= 4 is 0 Å². The highest BCUT2D eigenvalue weighted by molar-refractivity contribution is 5.25. The van der Waals surface area contributed by atoms with Crippen molar-refractivity contribution in [2.75, 3.05) is 6.54 Å². The van der Waals surface area contributed by atoms with Gasteiger partial charge in [-0.25, -0.2) is 0 Å². The summed E-state index contributed by atoms with van der Waals surface area (Å²) in [6.45, 7) is 4.91. The first-order valence-electron chi connectivity index (χ1n) is 4.82. The lowest BCUT2D eigenvalue weighted by molar-refractivity contribution is 0.616. The van der Waals surface area contributed by atoms with Crippen LogP contribution >= 0.6 is 0 Å². The molecule has 1 atom stereocenters. The van der Waals surface area contributed by atoms with Crippen LogP contribution in [0.2, 0.25) is 0 Å². The van der Waals surface area contributed by atoms with Gasteiger partial charge in [0.25, 0.3) is 0 Å². The Morgan fingerprint density at radius 3 is 2.86 bits per heavy atom. The normalized spacial score (nSPS) is 12.4. The van der Waals surface area contributed by atoms with Crippen LogP contribution in [0.4, 0.5) is 0 Å². The van der Waals surface area contributed by atoms with Crippen LogP contribution in [-0.2, 0) is 7.05 Å². The van der Waals surface area contributed by atoms with Crippen molar-refractivity contribution in [1.29, 1.82) is 5.26 Å². The zero-order valence-electron chi connectivity index (χ0n) is 8.91. The van der Waals surface area contributed by atoms with Gasteiger partial charge in [0, 0.05) is 18.3 Å². The van der Waals surface area contributed by atoms with Gasteiger partial charge in [0.2, 0.25) is 0 Å². The van der Waals surface area contributed by atoms with Crippen LogP contribution in [0, 0.1) is 18.3 Å². The van der Waals surface area contributed by atoms with Gasteiger partial charge in [0.05, 0.1) is 12.3 Å². The molecule has 1 unspecified atom stereocenters. The zero-order chi connectivity index (χ0) is 10.6. The second kappa shape index (κ2) is 4.77. The summed E-state index contributed by atoms with van der Waals surface area (Å²) < 4.78 is 1.79. The van der Waals surface area contributed by atoms with Gasteiger partial charge in [0.1, 0.15) is 6.04 Å². The molecular weight excluding hydrogens is 176 g/mol. The van der Waals surface area contributed by atoms with Crippen molar-refractivity contribution in [3.8, 4) is 6.07 Å². The molecule has 0 bridgehead atoms. The molecule has 0 aliphatic rings.